The lowest BCUT2D eigenvalue weighted by Crippen LogP contribution is -2.16. The van der Waals surface area contributed by atoms with Gasteiger partial charge in [-0.3, -0.25) is 0 Å². The second-order valence-electron chi connectivity index (χ2n) is 4.49. The summed E-state index contributed by atoms with van der Waals surface area (Å²) in [5.74, 6) is 2.98. The van der Waals surface area contributed by atoms with Gasteiger partial charge in [0.2, 0.25) is 0 Å². The van der Waals surface area contributed by atoms with E-state index in [1.54, 1.807) is 0 Å². The molecule has 1 saturated heterocycles. The minimum Gasteiger partial charge on any atom is -0.366 e. The lowest BCUT2D eigenvalue weighted by Gasteiger charge is -2.09. The third kappa shape index (κ3) is 0.460. The number of fused-ring (bicyclic) bond motifs is 3. The van der Waals surface area contributed by atoms with E-state index >= 15 is 0 Å². The molecule has 0 bridgehead atoms. The van der Waals surface area contributed by atoms with Gasteiger partial charge in [-0.15, -0.1) is 0 Å². The summed E-state index contributed by atoms with van der Waals surface area (Å²) in [6.45, 7) is 4.65. The van der Waals surface area contributed by atoms with Gasteiger partial charge in [0.15, 0.2) is 0 Å². The van der Waals surface area contributed by atoms with E-state index in [0.29, 0.717) is 11.7 Å². The number of hydrogen-bond acceptors (Lipinski definition) is 1. The molecule has 1 heteroatoms. The highest BCUT2D eigenvalue weighted by atomic mass is 16.6. The van der Waals surface area contributed by atoms with Crippen LogP contribution in [0.25, 0.3) is 0 Å². The van der Waals surface area contributed by atoms with Gasteiger partial charge in [-0.25, -0.2) is 0 Å². The lowest BCUT2D eigenvalue weighted by molar-refractivity contribution is 0.294. The zero-order valence-electron chi connectivity index (χ0n) is 6.63. The number of ether oxygens (including phenoxy) is 1. The summed E-state index contributed by atoms with van der Waals surface area (Å²) < 4.78 is 5.69. The van der Waals surface area contributed by atoms with Crippen LogP contribution in [0.4, 0.5) is 0 Å². The Kier molecular flexibility index (Phi) is 0.722. The van der Waals surface area contributed by atoms with E-state index in [2.05, 4.69) is 13.8 Å². The molecule has 1 aliphatic heterocycles. The van der Waals surface area contributed by atoms with Crippen LogP contribution in [0.1, 0.15) is 26.7 Å². The maximum Gasteiger partial charge on any atom is 0.0923 e. The molecular weight excluding hydrogens is 124 g/mol. The monoisotopic (exact) mass is 138 g/mol. The van der Waals surface area contributed by atoms with Gasteiger partial charge in [0, 0.05) is 0 Å². The lowest BCUT2D eigenvalue weighted by atomic mass is 9.91. The molecule has 2 unspecified atom stereocenters. The first-order valence-electron chi connectivity index (χ1n) is 4.40. The summed E-state index contributed by atoms with van der Waals surface area (Å²) in [6.07, 6.45) is 3.42. The molecule has 2 saturated carbocycles. The average Bonchev–Trinajstić information content (AvgIpc) is 2.69. The van der Waals surface area contributed by atoms with Gasteiger partial charge >= 0.3 is 0 Å². The molecule has 1 heterocycles. The van der Waals surface area contributed by atoms with E-state index < -0.39 is 0 Å². The van der Waals surface area contributed by atoms with Crippen molar-refractivity contribution in [3.63, 3.8) is 0 Å². The summed E-state index contributed by atoms with van der Waals surface area (Å²) in [6, 6.07) is 0. The number of epoxide rings is 1. The fourth-order valence-corrected chi connectivity index (χ4v) is 2.93. The summed E-state index contributed by atoms with van der Waals surface area (Å²) >= 11 is 0. The Labute approximate surface area is 61.8 Å². The van der Waals surface area contributed by atoms with Crippen molar-refractivity contribution in [2.45, 2.75) is 38.4 Å². The van der Waals surface area contributed by atoms with Crippen LogP contribution in [0.2, 0.25) is 0 Å². The molecular formula is C9H14O. The van der Waals surface area contributed by atoms with E-state index in [1.807, 2.05) is 0 Å². The van der Waals surface area contributed by atoms with E-state index in [-0.39, 0.29) is 0 Å². The van der Waals surface area contributed by atoms with Crippen LogP contribution in [0, 0.1) is 17.8 Å². The molecule has 10 heavy (non-hydrogen) atoms. The van der Waals surface area contributed by atoms with Gasteiger partial charge in [0.25, 0.3) is 0 Å². The van der Waals surface area contributed by atoms with Gasteiger partial charge in [-0.2, -0.15) is 0 Å². The first-order valence-corrected chi connectivity index (χ1v) is 4.40. The fraction of sp³-hybridized carbons (Fsp3) is 1.00. The molecule has 0 radical (unpaired) electrons. The normalized spacial score (nSPS) is 70.2. The van der Waals surface area contributed by atoms with Crippen molar-refractivity contribution in [1.29, 1.82) is 0 Å². The topological polar surface area (TPSA) is 12.5 Å². The van der Waals surface area contributed by atoms with Crippen molar-refractivity contribution < 1.29 is 4.74 Å². The molecule has 0 amide bonds. The van der Waals surface area contributed by atoms with Crippen molar-refractivity contribution in [2.24, 2.45) is 17.8 Å². The SMILES string of the molecule is CC1C2[C@H]1CC[C@@]1(C)O[C@@H]21. The second kappa shape index (κ2) is 1.29. The fourth-order valence-electron chi connectivity index (χ4n) is 2.93. The van der Waals surface area contributed by atoms with Crippen LogP contribution in [-0.2, 0) is 4.74 Å². The Bertz CT molecular complexity index is 189. The van der Waals surface area contributed by atoms with Crippen LogP contribution in [0.5, 0.6) is 0 Å². The molecule has 56 valence electrons. The van der Waals surface area contributed by atoms with Crippen molar-refractivity contribution in [3.8, 4) is 0 Å². The second-order valence-corrected chi connectivity index (χ2v) is 4.49. The minimum atomic E-state index is 0.339. The molecule has 3 aliphatic rings. The average molecular weight is 138 g/mol. The van der Waals surface area contributed by atoms with Crippen molar-refractivity contribution in [3.05, 3.63) is 0 Å². The van der Waals surface area contributed by atoms with Crippen LogP contribution in [0.15, 0.2) is 0 Å². The maximum absolute atomic E-state index is 5.69. The number of hydrogen-bond donors (Lipinski definition) is 0. The van der Waals surface area contributed by atoms with Crippen molar-refractivity contribution in [1.82, 2.24) is 0 Å². The van der Waals surface area contributed by atoms with E-state index in [9.17, 15) is 0 Å². The predicted octanol–water partition coefficient (Wildman–Crippen LogP) is 1.82. The molecule has 1 nitrogen and oxygen atoms in total. The summed E-state index contributed by atoms with van der Waals surface area (Å²) in [4.78, 5) is 0. The zero-order valence-corrected chi connectivity index (χ0v) is 6.63. The molecule has 0 aromatic heterocycles. The molecule has 0 N–H and O–H groups in total. The van der Waals surface area contributed by atoms with Crippen LogP contribution >= 0.6 is 0 Å². The summed E-state index contributed by atoms with van der Waals surface area (Å²) in [5, 5.41) is 0. The maximum atomic E-state index is 5.69. The Morgan fingerprint density at radius 1 is 1.50 bits per heavy atom. The van der Waals surface area contributed by atoms with Gasteiger partial charge < -0.3 is 4.74 Å². The molecule has 3 rings (SSSR count). The van der Waals surface area contributed by atoms with Gasteiger partial charge in [-0.1, -0.05) is 6.92 Å². The highest BCUT2D eigenvalue weighted by Crippen LogP contribution is 2.65. The standard InChI is InChI=1S/C9H14O/c1-5-6-3-4-9(2)8(10-9)7(5)6/h5-8H,3-4H2,1-2H3/t5?,6-,7?,8-,9+/m0/s1. The van der Waals surface area contributed by atoms with Crippen molar-refractivity contribution >= 4 is 0 Å². The third-order valence-electron chi connectivity index (χ3n) is 3.90. The zero-order chi connectivity index (χ0) is 6.93. The molecule has 0 aromatic rings. The van der Waals surface area contributed by atoms with Gasteiger partial charge in [-0.05, 0) is 37.5 Å². The van der Waals surface area contributed by atoms with Gasteiger partial charge in [0.05, 0.1) is 11.7 Å². The van der Waals surface area contributed by atoms with E-state index in [0.717, 1.165) is 17.8 Å². The first-order chi connectivity index (χ1) is 4.72. The molecule has 3 fully saturated rings. The highest BCUT2D eigenvalue weighted by Gasteiger charge is 2.69. The minimum absolute atomic E-state index is 0.339. The quantitative estimate of drug-likeness (QED) is 0.465. The third-order valence-corrected chi connectivity index (χ3v) is 3.90. The molecule has 0 spiro atoms. The Balaban J connectivity index is 1.87. The Morgan fingerprint density at radius 3 is 3.00 bits per heavy atom. The summed E-state index contributed by atoms with van der Waals surface area (Å²) in [7, 11) is 0. The predicted molar refractivity (Wildman–Crippen MR) is 38.7 cm³/mol. The van der Waals surface area contributed by atoms with Crippen LogP contribution in [-0.4, -0.2) is 11.7 Å². The van der Waals surface area contributed by atoms with Crippen LogP contribution in [0.3, 0.4) is 0 Å². The molecule has 0 aromatic carbocycles. The Morgan fingerprint density at radius 2 is 2.30 bits per heavy atom. The molecule has 5 atom stereocenters. The van der Waals surface area contributed by atoms with E-state index in [4.69, 9.17) is 4.74 Å². The highest BCUT2D eigenvalue weighted by molar-refractivity contribution is 5.17. The first kappa shape index (κ1) is 5.59. The van der Waals surface area contributed by atoms with Crippen LogP contribution < -0.4 is 0 Å². The molecule has 2 aliphatic carbocycles. The Hall–Kier alpha value is -0.0400. The number of rotatable bonds is 0. The summed E-state index contributed by atoms with van der Waals surface area (Å²) in [5.41, 5.74) is 0.339. The van der Waals surface area contributed by atoms with E-state index in [1.165, 1.54) is 12.8 Å². The van der Waals surface area contributed by atoms with Gasteiger partial charge in [0.1, 0.15) is 0 Å². The largest absolute Gasteiger partial charge is 0.366 e. The smallest absolute Gasteiger partial charge is 0.0923 e. The van der Waals surface area contributed by atoms with Crippen molar-refractivity contribution in [2.75, 3.05) is 0 Å².